The first-order valence-corrected chi connectivity index (χ1v) is 7.09. The number of nitriles is 1. The number of carbonyl (C=O) groups excluding carboxylic acids is 2. The lowest BCUT2D eigenvalue weighted by Crippen LogP contribution is -2.32. The highest BCUT2D eigenvalue weighted by Crippen LogP contribution is 2.17. The molecule has 0 aliphatic rings. The number of anilines is 1. The van der Waals surface area contributed by atoms with Crippen molar-refractivity contribution in [2.24, 2.45) is 14.1 Å². The van der Waals surface area contributed by atoms with Crippen LogP contribution in [0.5, 0.6) is 0 Å². The summed E-state index contributed by atoms with van der Waals surface area (Å²) < 4.78 is 2.57. The first-order valence-electron chi connectivity index (χ1n) is 7.09. The summed E-state index contributed by atoms with van der Waals surface area (Å²) in [6.45, 7) is 1.53. The highest BCUT2D eigenvalue weighted by atomic mass is 16.6. The fraction of sp³-hybridized carbons (Fsp3) is 0.286. The Hall–Kier alpha value is -3.68. The molecule has 1 unspecified atom stereocenters. The third kappa shape index (κ3) is 3.81. The van der Waals surface area contributed by atoms with Crippen LogP contribution in [0.2, 0.25) is 0 Å². The lowest BCUT2D eigenvalue weighted by Gasteiger charge is -2.05. The molecule has 1 atom stereocenters. The minimum absolute atomic E-state index is 0.0708. The molecule has 0 bridgehead atoms. The average Bonchev–Trinajstić information content (AvgIpc) is 3.10. The fourth-order valence-corrected chi connectivity index (χ4v) is 2.10. The summed E-state index contributed by atoms with van der Waals surface area (Å²) in [6, 6.07) is 3.68. The second-order valence-corrected chi connectivity index (χ2v) is 5.27. The van der Waals surface area contributed by atoms with Gasteiger partial charge in [-0.2, -0.15) is 10.4 Å². The minimum Gasteiger partial charge on any atom is -0.340 e. The molecule has 0 aliphatic carbocycles. The molecule has 2 aromatic heterocycles. The van der Waals surface area contributed by atoms with E-state index in [1.807, 2.05) is 6.07 Å². The van der Waals surface area contributed by atoms with Crippen molar-refractivity contribution in [3.63, 3.8) is 0 Å². The molecule has 25 heavy (non-hydrogen) atoms. The van der Waals surface area contributed by atoms with Gasteiger partial charge in [-0.3, -0.25) is 24.4 Å². The van der Waals surface area contributed by atoms with Crippen LogP contribution in [-0.2, 0) is 14.1 Å². The van der Waals surface area contributed by atoms with Gasteiger partial charge in [-0.1, -0.05) is 0 Å². The smallest absolute Gasteiger partial charge is 0.287 e. The number of aromatic nitrogens is 3. The van der Waals surface area contributed by atoms with Crippen LogP contribution >= 0.6 is 0 Å². The molecule has 2 rings (SSSR count). The van der Waals surface area contributed by atoms with Crippen molar-refractivity contribution in [1.29, 1.82) is 5.26 Å². The average molecular weight is 345 g/mol. The molecule has 2 heterocycles. The lowest BCUT2D eigenvalue weighted by molar-refractivity contribution is -0.384. The second-order valence-electron chi connectivity index (χ2n) is 5.27. The zero-order valence-electron chi connectivity index (χ0n) is 13.7. The van der Waals surface area contributed by atoms with Crippen LogP contribution in [0.4, 0.5) is 11.5 Å². The van der Waals surface area contributed by atoms with Gasteiger partial charge in [0.05, 0.1) is 17.2 Å². The van der Waals surface area contributed by atoms with Gasteiger partial charge in [0.1, 0.15) is 17.4 Å². The van der Waals surface area contributed by atoms with Gasteiger partial charge >= 0.3 is 0 Å². The SMILES string of the molecule is CC(C#N)NC(=O)c1cc(NC(=O)c2cc([N+](=O)[O-])cn2C)nn1C. The quantitative estimate of drug-likeness (QED) is 0.597. The zero-order valence-corrected chi connectivity index (χ0v) is 13.7. The fourth-order valence-electron chi connectivity index (χ4n) is 2.10. The molecule has 0 radical (unpaired) electrons. The van der Waals surface area contributed by atoms with Gasteiger partial charge in [-0.25, -0.2) is 0 Å². The minimum atomic E-state index is -0.677. The summed E-state index contributed by atoms with van der Waals surface area (Å²) in [7, 11) is 3.01. The maximum atomic E-state index is 12.2. The number of nitrogens with zero attached hydrogens (tertiary/aromatic N) is 5. The zero-order chi connectivity index (χ0) is 18.7. The molecule has 0 spiro atoms. The van der Waals surface area contributed by atoms with Crippen molar-refractivity contribution in [3.8, 4) is 6.07 Å². The number of carbonyl (C=O) groups is 2. The first-order chi connectivity index (χ1) is 11.7. The summed E-state index contributed by atoms with van der Waals surface area (Å²) in [5.41, 5.74) is 0.0101. The maximum Gasteiger partial charge on any atom is 0.287 e. The van der Waals surface area contributed by atoms with E-state index in [9.17, 15) is 19.7 Å². The van der Waals surface area contributed by atoms with Crippen LogP contribution in [0.1, 0.15) is 27.9 Å². The number of nitro groups is 1. The van der Waals surface area contributed by atoms with Crippen molar-refractivity contribution >= 4 is 23.3 Å². The first kappa shape index (κ1) is 17.7. The van der Waals surface area contributed by atoms with E-state index in [0.717, 1.165) is 6.07 Å². The number of rotatable bonds is 5. The van der Waals surface area contributed by atoms with Crippen LogP contribution in [0.3, 0.4) is 0 Å². The molecular formula is C14H15N7O4. The van der Waals surface area contributed by atoms with Gasteiger partial charge in [0, 0.05) is 26.2 Å². The molecule has 0 aliphatic heterocycles. The highest BCUT2D eigenvalue weighted by molar-refractivity contribution is 6.04. The standard InChI is InChI=1S/C14H15N7O4/c1-8(6-15)16-14(23)11-5-12(18-20(11)3)17-13(22)10-4-9(21(24)25)7-19(10)2/h4-5,7-8H,1-3H3,(H,16,23)(H,17,18,22). The van der Waals surface area contributed by atoms with E-state index in [1.165, 1.54) is 42.5 Å². The normalized spacial score (nSPS) is 11.4. The number of nitrogens with one attached hydrogen (secondary N) is 2. The van der Waals surface area contributed by atoms with Gasteiger partial charge in [0.15, 0.2) is 5.82 Å². The van der Waals surface area contributed by atoms with E-state index in [2.05, 4.69) is 15.7 Å². The molecule has 0 aromatic carbocycles. The molecule has 2 N–H and O–H groups in total. The third-order valence-corrected chi connectivity index (χ3v) is 3.33. The monoisotopic (exact) mass is 345 g/mol. The van der Waals surface area contributed by atoms with E-state index in [-0.39, 0.29) is 22.9 Å². The van der Waals surface area contributed by atoms with E-state index in [0.29, 0.717) is 0 Å². The van der Waals surface area contributed by atoms with Gasteiger partial charge in [0.2, 0.25) is 0 Å². The number of amides is 2. The largest absolute Gasteiger partial charge is 0.340 e. The van der Waals surface area contributed by atoms with Gasteiger partial charge in [-0.05, 0) is 6.92 Å². The molecule has 0 saturated carbocycles. The molecule has 0 saturated heterocycles. The lowest BCUT2D eigenvalue weighted by atomic mass is 10.3. The number of aryl methyl sites for hydroxylation is 2. The molecule has 0 fully saturated rings. The van der Waals surface area contributed by atoms with Crippen LogP contribution in [0.15, 0.2) is 18.3 Å². The molecule has 11 nitrogen and oxygen atoms in total. The molecule has 2 aromatic rings. The Kier molecular flexibility index (Phi) is 4.83. The van der Waals surface area contributed by atoms with Crippen molar-refractivity contribution in [2.75, 3.05) is 5.32 Å². The van der Waals surface area contributed by atoms with Crippen LogP contribution in [0, 0.1) is 21.4 Å². The Bertz CT molecular complexity index is 890. The number of hydrogen-bond donors (Lipinski definition) is 2. The van der Waals surface area contributed by atoms with Crippen LogP contribution < -0.4 is 10.6 Å². The third-order valence-electron chi connectivity index (χ3n) is 3.33. The van der Waals surface area contributed by atoms with Crippen LogP contribution in [0.25, 0.3) is 0 Å². The highest BCUT2D eigenvalue weighted by Gasteiger charge is 2.20. The molecule has 11 heteroatoms. The Morgan fingerprint density at radius 3 is 2.56 bits per heavy atom. The number of hydrogen-bond acceptors (Lipinski definition) is 6. The van der Waals surface area contributed by atoms with Crippen molar-refractivity contribution in [2.45, 2.75) is 13.0 Å². The van der Waals surface area contributed by atoms with E-state index in [1.54, 1.807) is 0 Å². The molecule has 2 amide bonds. The van der Waals surface area contributed by atoms with Gasteiger partial charge in [-0.15, -0.1) is 0 Å². The van der Waals surface area contributed by atoms with Crippen LogP contribution in [-0.4, -0.2) is 37.1 Å². The van der Waals surface area contributed by atoms with Crippen molar-refractivity contribution in [1.82, 2.24) is 19.7 Å². The van der Waals surface area contributed by atoms with Gasteiger partial charge < -0.3 is 15.2 Å². The summed E-state index contributed by atoms with van der Waals surface area (Å²) in [5.74, 6) is -1.02. The summed E-state index contributed by atoms with van der Waals surface area (Å²) in [5, 5.41) is 28.4. The Balaban J connectivity index is 2.17. The molecular weight excluding hydrogens is 330 g/mol. The summed E-state index contributed by atoms with van der Waals surface area (Å²) in [4.78, 5) is 34.4. The van der Waals surface area contributed by atoms with Gasteiger partial charge in [0.25, 0.3) is 17.5 Å². The summed E-state index contributed by atoms with van der Waals surface area (Å²) in [6.07, 6.45) is 1.22. The maximum absolute atomic E-state index is 12.2. The van der Waals surface area contributed by atoms with E-state index >= 15 is 0 Å². The predicted molar refractivity (Wildman–Crippen MR) is 85.8 cm³/mol. The van der Waals surface area contributed by atoms with E-state index in [4.69, 9.17) is 5.26 Å². The van der Waals surface area contributed by atoms with Crippen molar-refractivity contribution < 1.29 is 14.5 Å². The van der Waals surface area contributed by atoms with Crippen molar-refractivity contribution in [3.05, 3.63) is 39.8 Å². The topological polar surface area (TPSA) is 148 Å². The summed E-state index contributed by atoms with van der Waals surface area (Å²) >= 11 is 0. The van der Waals surface area contributed by atoms with E-state index < -0.39 is 22.8 Å². The Morgan fingerprint density at radius 2 is 2.00 bits per heavy atom. The second kappa shape index (κ2) is 6.83. The predicted octanol–water partition coefficient (Wildman–Crippen LogP) is 0.561. The molecule has 130 valence electrons. The Labute approximate surface area is 142 Å². The Morgan fingerprint density at radius 1 is 1.32 bits per heavy atom.